The lowest BCUT2D eigenvalue weighted by Crippen LogP contribution is -2.28. The van der Waals surface area contributed by atoms with Gasteiger partial charge in [0.05, 0.1) is 19.8 Å². The molecule has 0 aliphatic rings. The van der Waals surface area contributed by atoms with Crippen LogP contribution in [0, 0.1) is 5.92 Å². The van der Waals surface area contributed by atoms with Gasteiger partial charge in [0.2, 0.25) is 0 Å². The topological polar surface area (TPSA) is 99.4 Å². The number of ether oxygens (including phenoxy) is 2. The van der Waals surface area contributed by atoms with E-state index in [1.807, 2.05) is 25.1 Å². The minimum atomic E-state index is -0.378. The molecule has 0 aliphatic carbocycles. The number of nitrogen functional groups attached to an aromatic ring is 1. The zero-order valence-electron chi connectivity index (χ0n) is 14.9. The van der Waals surface area contributed by atoms with Gasteiger partial charge in [-0.05, 0) is 30.5 Å². The second-order valence-electron chi connectivity index (χ2n) is 6.10. The molecule has 3 N–H and O–H groups in total. The van der Waals surface area contributed by atoms with Crippen molar-refractivity contribution in [3.63, 3.8) is 0 Å². The third-order valence-corrected chi connectivity index (χ3v) is 3.55. The zero-order chi connectivity index (χ0) is 18.4. The molecule has 1 amide bonds. The van der Waals surface area contributed by atoms with Gasteiger partial charge in [-0.3, -0.25) is 4.79 Å². The monoisotopic (exact) mass is 344 g/mol. The standard InChI is InChI=1S/C18H24N4O3/c1-11(2)10-25-14-6-5-13(9-15(14)24-4)12(3)22-18(23)16-17(19)21-8-7-20-16/h5-9,11-12H,10H2,1-4H3,(H2,19,21)(H,22,23)/t12-/m0/s1. The second kappa shape index (κ2) is 8.32. The number of aromatic nitrogens is 2. The van der Waals surface area contributed by atoms with Crippen LogP contribution >= 0.6 is 0 Å². The lowest BCUT2D eigenvalue weighted by atomic mass is 10.1. The molecule has 0 bridgehead atoms. The Balaban J connectivity index is 2.12. The molecule has 0 fully saturated rings. The van der Waals surface area contributed by atoms with E-state index in [1.165, 1.54) is 12.4 Å². The average Bonchev–Trinajstić information content (AvgIpc) is 2.59. The maximum absolute atomic E-state index is 12.3. The molecule has 2 aromatic rings. The Kier molecular flexibility index (Phi) is 6.16. The largest absolute Gasteiger partial charge is 0.493 e. The van der Waals surface area contributed by atoms with Crippen molar-refractivity contribution in [3.8, 4) is 11.5 Å². The first-order valence-electron chi connectivity index (χ1n) is 8.10. The van der Waals surface area contributed by atoms with E-state index in [0.717, 1.165) is 5.56 Å². The van der Waals surface area contributed by atoms with Crippen LogP contribution in [-0.2, 0) is 0 Å². The van der Waals surface area contributed by atoms with E-state index < -0.39 is 0 Å². The minimum Gasteiger partial charge on any atom is -0.493 e. The average molecular weight is 344 g/mol. The second-order valence-corrected chi connectivity index (χ2v) is 6.10. The van der Waals surface area contributed by atoms with Crippen molar-refractivity contribution < 1.29 is 14.3 Å². The summed E-state index contributed by atoms with van der Waals surface area (Å²) < 4.78 is 11.1. The Hall–Kier alpha value is -2.83. The molecule has 2 rings (SSSR count). The summed E-state index contributed by atoms with van der Waals surface area (Å²) in [6.07, 6.45) is 2.87. The Labute approximate surface area is 147 Å². The van der Waals surface area contributed by atoms with Crippen LogP contribution in [0.5, 0.6) is 11.5 Å². The number of hydrogen-bond acceptors (Lipinski definition) is 6. The number of carbonyl (C=O) groups is 1. The van der Waals surface area contributed by atoms with E-state index in [2.05, 4.69) is 29.1 Å². The molecule has 25 heavy (non-hydrogen) atoms. The fourth-order valence-electron chi connectivity index (χ4n) is 2.20. The fourth-order valence-corrected chi connectivity index (χ4v) is 2.20. The molecule has 7 nitrogen and oxygen atoms in total. The molecule has 0 saturated heterocycles. The Bertz CT molecular complexity index is 734. The van der Waals surface area contributed by atoms with Gasteiger partial charge in [0.15, 0.2) is 23.0 Å². The summed E-state index contributed by atoms with van der Waals surface area (Å²) in [6.45, 7) is 6.63. The van der Waals surface area contributed by atoms with Crippen LogP contribution < -0.4 is 20.5 Å². The summed E-state index contributed by atoms with van der Waals surface area (Å²) in [7, 11) is 1.59. The van der Waals surface area contributed by atoms with Gasteiger partial charge in [-0.25, -0.2) is 9.97 Å². The van der Waals surface area contributed by atoms with Crippen molar-refractivity contribution in [2.75, 3.05) is 19.5 Å². The van der Waals surface area contributed by atoms with Crippen LogP contribution in [-0.4, -0.2) is 29.6 Å². The third kappa shape index (κ3) is 4.82. The number of benzene rings is 1. The fraction of sp³-hybridized carbons (Fsp3) is 0.389. The molecule has 134 valence electrons. The number of nitrogens with zero attached hydrogens (tertiary/aromatic N) is 2. The van der Waals surface area contributed by atoms with Crippen LogP contribution in [0.15, 0.2) is 30.6 Å². The van der Waals surface area contributed by atoms with Crippen molar-refractivity contribution in [1.82, 2.24) is 15.3 Å². The van der Waals surface area contributed by atoms with Crippen LogP contribution in [0.25, 0.3) is 0 Å². The number of methoxy groups -OCH3 is 1. The van der Waals surface area contributed by atoms with E-state index in [4.69, 9.17) is 15.2 Å². The molecule has 1 aromatic heterocycles. The number of anilines is 1. The molecule has 0 radical (unpaired) electrons. The SMILES string of the molecule is COc1cc([C@H](C)NC(=O)c2nccnc2N)ccc1OCC(C)C. The molecule has 1 heterocycles. The van der Waals surface area contributed by atoms with Gasteiger partial charge in [0, 0.05) is 12.4 Å². The van der Waals surface area contributed by atoms with Crippen molar-refractivity contribution in [2.24, 2.45) is 5.92 Å². The molecule has 0 aliphatic heterocycles. The van der Waals surface area contributed by atoms with Crippen LogP contribution in [0.1, 0.15) is 42.9 Å². The highest BCUT2D eigenvalue weighted by Crippen LogP contribution is 2.30. The number of nitrogens with one attached hydrogen (secondary N) is 1. The normalized spacial score (nSPS) is 11.9. The predicted octanol–water partition coefficient (Wildman–Crippen LogP) is 2.59. The van der Waals surface area contributed by atoms with Gasteiger partial charge in [-0.15, -0.1) is 0 Å². The summed E-state index contributed by atoms with van der Waals surface area (Å²) in [4.78, 5) is 20.1. The van der Waals surface area contributed by atoms with E-state index >= 15 is 0 Å². The first kappa shape index (κ1) is 18.5. The minimum absolute atomic E-state index is 0.0993. The number of carbonyl (C=O) groups excluding carboxylic acids is 1. The smallest absolute Gasteiger partial charge is 0.274 e. The van der Waals surface area contributed by atoms with Gasteiger partial charge in [0.1, 0.15) is 0 Å². The molecule has 0 saturated carbocycles. The van der Waals surface area contributed by atoms with E-state index in [9.17, 15) is 4.79 Å². The summed E-state index contributed by atoms with van der Waals surface area (Å²) >= 11 is 0. The van der Waals surface area contributed by atoms with Gasteiger partial charge < -0.3 is 20.5 Å². The maximum Gasteiger partial charge on any atom is 0.274 e. The summed E-state index contributed by atoms with van der Waals surface area (Å²) in [6, 6.07) is 5.32. The van der Waals surface area contributed by atoms with Crippen molar-refractivity contribution in [3.05, 3.63) is 41.9 Å². The molecule has 1 atom stereocenters. The molecule has 0 unspecified atom stereocenters. The molecular weight excluding hydrogens is 320 g/mol. The van der Waals surface area contributed by atoms with Crippen molar-refractivity contribution in [2.45, 2.75) is 26.8 Å². The summed E-state index contributed by atoms with van der Waals surface area (Å²) in [5.41, 5.74) is 6.68. The van der Waals surface area contributed by atoms with E-state index in [0.29, 0.717) is 24.0 Å². The highest BCUT2D eigenvalue weighted by Gasteiger charge is 2.17. The molecular formula is C18H24N4O3. The summed E-state index contributed by atoms with van der Waals surface area (Å²) in [5, 5.41) is 2.86. The highest BCUT2D eigenvalue weighted by atomic mass is 16.5. The molecule has 1 aromatic carbocycles. The number of nitrogens with two attached hydrogens (primary N) is 1. The first-order valence-corrected chi connectivity index (χ1v) is 8.10. The van der Waals surface area contributed by atoms with Crippen molar-refractivity contribution >= 4 is 11.7 Å². The number of hydrogen-bond donors (Lipinski definition) is 2. The van der Waals surface area contributed by atoms with E-state index in [1.54, 1.807) is 7.11 Å². The predicted molar refractivity (Wildman–Crippen MR) is 95.7 cm³/mol. The maximum atomic E-state index is 12.3. The van der Waals surface area contributed by atoms with Gasteiger partial charge in [-0.2, -0.15) is 0 Å². The Morgan fingerprint density at radius 3 is 2.56 bits per heavy atom. The third-order valence-electron chi connectivity index (χ3n) is 3.55. The van der Waals surface area contributed by atoms with Crippen LogP contribution in [0.2, 0.25) is 0 Å². The zero-order valence-corrected chi connectivity index (χ0v) is 14.9. The molecule has 0 spiro atoms. The Morgan fingerprint density at radius 2 is 1.92 bits per heavy atom. The van der Waals surface area contributed by atoms with Gasteiger partial charge in [-0.1, -0.05) is 19.9 Å². The number of rotatable bonds is 7. The lowest BCUT2D eigenvalue weighted by molar-refractivity contribution is 0.0935. The summed E-state index contributed by atoms with van der Waals surface area (Å²) in [5.74, 6) is 1.44. The van der Waals surface area contributed by atoms with Gasteiger partial charge >= 0.3 is 0 Å². The van der Waals surface area contributed by atoms with Gasteiger partial charge in [0.25, 0.3) is 5.91 Å². The lowest BCUT2D eigenvalue weighted by Gasteiger charge is -2.17. The van der Waals surface area contributed by atoms with Crippen molar-refractivity contribution in [1.29, 1.82) is 0 Å². The van der Waals surface area contributed by atoms with Crippen LogP contribution in [0.4, 0.5) is 5.82 Å². The molecule has 7 heteroatoms. The Morgan fingerprint density at radius 1 is 1.20 bits per heavy atom. The van der Waals surface area contributed by atoms with Crippen LogP contribution in [0.3, 0.4) is 0 Å². The first-order chi connectivity index (χ1) is 11.9. The van der Waals surface area contributed by atoms with E-state index in [-0.39, 0.29) is 23.5 Å². The number of amides is 1. The quantitative estimate of drug-likeness (QED) is 0.801. The highest BCUT2D eigenvalue weighted by molar-refractivity contribution is 5.96.